The molecule has 0 aliphatic carbocycles. The molecule has 90 valence electrons. The number of hydrogen-bond donors (Lipinski definition) is 0. The molecule has 2 atom stereocenters. The van der Waals surface area contributed by atoms with Crippen LogP contribution in [0.5, 0.6) is 0 Å². The van der Waals surface area contributed by atoms with Crippen molar-refractivity contribution in [3.05, 3.63) is 0 Å². The summed E-state index contributed by atoms with van der Waals surface area (Å²) in [6, 6.07) is 0.636. The van der Waals surface area contributed by atoms with Gasteiger partial charge in [-0.3, -0.25) is 4.90 Å². The molecule has 1 rings (SSSR count). The second-order valence-electron chi connectivity index (χ2n) is 6.76. The van der Waals surface area contributed by atoms with Gasteiger partial charge in [-0.2, -0.15) is 0 Å². The van der Waals surface area contributed by atoms with Crippen LogP contribution in [0.4, 0.5) is 0 Å². The van der Waals surface area contributed by atoms with Crippen molar-refractivity contribution < 1.29 is 4.74 Å². The van der Waals surface area contributed by atoms with E-state index in [-0.39, 0.29) is 11.1 Å². The van der Waals surface area contributed by atoms with Crippen LogP contribution in [0, 0.1) is 0 Å². The molecule has 1 heterocycles. The Bertz CT molecular complexity index is 212. The van der Waals surface area contributed by atoms with Crippen LogP contribution in [-0.4, -0.2) is 34.7 Å². The Hall–Kier alpha value is -0.0800. The molecule has 0 N–H and O–H groups in total. The summed E-state index contributed by atoms with van der Waals surface area (Å²) in [5.74, 6) is 0. The summed E-state index contributed by atoms with van der Waals surface area (Å²) < 4.78 is 6.05. The Morgan fingerprint density at radius 2 is 1.60 bits per heavy atom. The molecule has 1 saturated heterocycles. The van der Waals surface area contributed by atoms with Gasteiger partial charge < -0.3 is 4.74 Å². The number of ether oxygens (including phenoxy) is 1. The molecule has 0 amide bonds. The third kappa shape index (κ3) is 3.76. The summed E-state index contributed by atoms with van der Waals surface area (Å²) in [5, 5.41) is 0. The lowest BCUT2D eigenvalue weighted by molar-refractivity contribution is -0.0567. The highest BCUT2D eigenvalue weighted by atomic mass is 16.5. The lowest BCUT2D eigenvalue weighted by Gasteiger charge is -2.35. The van der Waals surface area contributed by atoms with Gasteiger partial charge in [0.15, 0.2) is 0 Å². The second-order valence-corrected chi connectivity index (χ2v) is 6.76. The van der Waals surface area contributed by atoms with Crippen molar-refractivity contribution in [1.82, 2.24) is 4.90 Å². The highest BCUT2D eigenvalue weighted by Crippen LogP contribution is 2.29. The highest BCUT2D eigenvalue weighted by molar-refractivity contribution is 4.91. The Kier molecular flexibility index (Phi) is 3.52. The van der Waals surface area contributed by atoms with Crippen molar-refractivity contribution in [2.75, 3.05) is 6.54 Å². The van der Waals surface area contributed by atoms with Gasteiger partial charge in [-0.25, -0.2) is 0 Å². The van der Waals surface area contributed by atoms with Crippen LogP contribution in [0.2, 0.25) is 0 Å². The van der Waals surface area contributed by atoms with Gasteiger partial charge in [0.1, 0.15) is 0 Å². The maximum absolute atomic E-state index is 6.05. The Morgan fingerprint density at radius 1 is 1.07 bits per heavy atom. The van der Waals surface area contributed by atoms with Crippen molar-refractivity contribution in [1.29, 1.82) is 0 Å². The van der Waals surface area contributed by atoms with Gasteiger partial charge in [-0.05, 0) is 54.9 Å². The molecule has 15 heavy (non-hydrogen) atoms. The van der Waals surface area contributed by atoms with E-state index < -0.39 is 0 Å². The molecule has 0 spiro atoms. The Balaban J connectivity index is 2.57. The van der Waals surface area contributed by atoms with Crippen molar-refractivity contribution in [3.63, 3.8) is 0 Å². The predicted octanol–water partition coefficient (Wildman–Crippen LogP) is 3.06. The maximum Gasteiger partial charge on any atom is 0.0724 e. The van der Waals surface area contributed by atoms with Gasteiger partial charge in [0, 0.05) is 18.1 Å². The topological polar surface area (TPSA) is 12.5 Å². The third-order valence-electron chi connectivity index (χ3n) is 2.92. The van der Waals surface area contributed by atoms with Gasteiger partial charge in [-0.1, -0.05) is 0 Å². The molecule has 0 bridgehead atoms. The number of likely N-dealkylation sites (tertiary alicyclic amines) is 1. The lowest BCUT2D eigenvalue weighted by Crippen LogP contribution is -2.44. The summed E-state index contributed by atoms with van der Waals surface area (Å²) in [7, 11) is 0. The van der Waals surface area contributed by atoms with Crippen LogP contribution in [0.25, 0.3) is 0 Å². The minimum atomic E-state index is -0.0156. The minimum absolute atomic E-state index is 0.0156. The van der Waals surface area contributed by atoms with E-state index in [0.717, 1.165) is 13.0 Å². The first kappa shape index (κ1) is 13.0. The summed E-state index contributed by atoms with van der Waals surface area (Å²) in [5.41, 5.74) is 0.244. The van der Waals surface area contributed by atoms with Crippen molar-refractivity contribution in [3.8, 4) is 0 Å². The number of rotatable bonds is 1. The number of hydrogen-bond acceptors (Lipinski definition) is 2. The molecule has 2 nitrogen and oxygen atoms in total. The van der Waals surface area contributed by atoms with Crippen LogP contribution >= 0.6 is 0 Å². The Morgan fingerprint density at radius 3 is 1.93 bits per heavy atom. The van der Waals surface area contributed by atoms with Gasteiger partial charge in [0.05, 0.1) is 11.7 Å². The molecule has 0 unspecified atom stereocenters. The lowest BCUT2D eigenvalue weighted by atomic mass is 10.1. The van der Waals surface area contributed by atoms with E-state index in [1.165, 1.54) is 0 Å². The largest absolute Gasteiger partial charge is 0.371 e. The molecule has 1 aliphatic heterocycles. The smallest absolute Gasteiger partial charge is 0.0724 e. The SMILES string of the molecule is C[C@@H]1C[C@@H](OC(C)(C)C)CN1C(C)(C)C. The first-order valence-electron chi connectivity index (χ1n) is 6.04. The highest BCUT2D eigenvalue weighted by Gasteiger charge is 2.37. The van der Waals surface area contributed by atoms with E-state index in [2.05, 4.69) is 53.4 Å². The fourth-order valence-electron chi connectivity index (χ4n) is 2.50. The predicted molar refractivity (Wildman–Crippen MR) is 65.2 cm³/mol. The molecule has 0 aromatic rings. The zero-order valence-corrected chi connectivity index (χ0v) is 11.4. The van der Waals surface area contributed by atoms with Crippen LogP contribution < -0.4 is 0 Å². The Labute approximate surface area is 95.0 Å². The van der Waals surface area contributed by atoms with E-state index >= 15 is 0 Å². The monoisotopic (exact) mass is 213 g/mol. The van der Waals surface area contributed by atoms with E-state index in [9.17, 15) is 0 Å². The van der Waals surface area contributed by atoms with Gasteiger partial charge >= 0.3 is 0 Å². The normalized spacial score (nSPS) is 29.8. The summed E-state index contributed by atoms with van der Waals surface area (Å²) in [6.07, 6.45) is 1.56. The van der Waals surface area contributed by atoms with Crippen LogP contribution in [-0.2, 0) is 4.74 Å². The maximum atomic E-state index is 6.05. The first-order valence-corrected chi connectivity index (χ1v) is 6.04. The van der Waals surface area contributed by atoms with E-state index in [0.29, 0.717) is 12.1 Å². The molecule has 0 aromatic heterocycles. The van der Waals surface area contributed by atoms with Gasteiger partial charge in [-0.15, -0.1) is 0 Å². The summed E-state index contributed by atoms with van der Waals surface area (Å²) >= 11 is 0. The molecule has 0 saturated carbocycles. The zero-order valence-electron chi connectivity index (χ0n) is 11.4. The van der Waals surface area contributed by atoms with E-state index in [1.54, 1.807) is 0 Å². The molecule has 1 aliphatic rings. The first-order chi connectivity index (χ1) is 6.59. The average molecular weight is 213 g/mol. The van der Waals surface area contributed by atoms with Crippen LogP contribution in [0.3, 0.4) is 0 Å². The molecule has 1 fully saturated rings. The standard InChI is InChI=1S/C13H27NO/c1-10-8-11(15-13(5,6)7)9-14(10)12(2,3)4/h10-11H,8-9H2,1-7H3/t10-,11-/m1/s1. The minimum Gasteiger partial charge on any atom is -0.371 e. The quantitative estimate of drug-likeness (QED) is 0.664. The molecule has 2 heteroatoms. The van der Waals surface area contributed by atoms with Gasteiger partial charge in [0.2, 0.25) is 0 Å². The van der Waals surface area contributed by atoms with Crippen LogP contribution in [0.1, 0.15) is 54.9 Å². The summed E-state index contributed by atoms with van der Waals surface area (Å²) in [4.78, 5) is 2.55. The van der Waals surface area contributed by atoms with Crippen molar-refractivity contribution in [2.45, 2.75) is 78.2 Å². The van der Waals surface area contributed by atoms with Crippen molar-refractivity contribution in [2.24, 2.45) is 0 Å². The van der Waals surface area contributed by atoms with Crippen molar-refractivity contribution >= 4 is 0 Å². The fourth-order valence-corrected chi connectivity index (χ4v) is 2.50. The third-order valence-corrected chi connectivity index (χ3v) is 2.92. The molecular weight excluding hydrogens is 186 g/mol. The average Bonchev–Trinajstić information content (AvgIpc) is 2.25. The summed E-state index contributed by atoms with van der Waals surface area (Å²) in [6.45, 7) is 16.6. The van der Waals surface area contributed by atoms with E-state index in [4.69, 9.17) is 4.74 Å². The fraction of sp³-hybridized carbons (Fsp3) is 1.00. The van der Waals surface area contributed by atoms with E-state index in [1.807, 2.05) is 0 Å². The zero-order chi connectivity index (χ0) is 11.9. The van der Waals surface area contributed by atoms with Crippen LogP contribution in [0.15, 0.2) is 0 Å². The number of nitrogens with zero attached hydrogens (tertiary/aromatic N) is 1. The van der Waals surface area contributed by atoms with Gasteiger partial charge in [0.25, 0.3) is 0 Å². The molecule has 0 aromatic carbocycles. The molecule has 0 radical (unpaired) electrons. The second kappa shape index (κ2) is 4.06. The molecular formula is C13H27NO.